The smallest absolute Gasteiger partial charge is 0.242 e. The van der Waals surface area contributed by atoms with E-state index in [0.717, 1.165) is 11.1 Å². The van der Waals surface area contributed by atoms with Crippen LogP contribution in [-0.2, 0) is 23.1 Å². The normalized spacial score (nSPS) is 11.8. The number of hydrogen-bond donors (Lipinski definition) is 2. The van der Waals surface area contributed by atoms with E-state index >= 15 is 0 Å². The molecule has 0 spiro atoms. The predicted molar refractivity (Wildman–Crippen MR) is 79.8 cm³/mol. The third kappa shape index (κ3) is 3.67. The number of nitrogens with one attached hydrogen (secondary N) is 1. The maximum absolute atomic E-state index is 12.4. The van der Waals surface area contributed by atoms with Crippen molar-refractivity contribution in [2.45, 2.75) is 31.8 Å². The second kappa shape index (κ2) is 6.22. The number of nitrogens with two attached hydrogens (primary N) is 1. The van der Waals surface area contributed by atoms with Crippen LogP contribution in [-0.4, -0.2) is 18.6 Å². The summed E-state index contributed by atoms with van der Waals surface area (Å²) in [6, 6.07) is 3.38. The number of aryl methyl sites for hydroxylation is 2. The Balaban J connectivity index is 2.29. The molecular formula is C12H15BrN4O3S. The molecule has 1 aromatic heterocycles. The summed E-state index contributed by atoms with van der Waals surface area (Å²) < 4.78 is 32.6. The molecule has 1 heterocycles. The first-order valence-corrected chi connectivity index (χ1v) is 8.39. The van der Waals surface area contributed by atoms with Crippen LogP contribution in [0.4, 0.5) is 0 Å². The van der Waals surface area contributed by atoms with Crippen LogP contribution < -0.4 is 10.5 Å². The van der Waals surface area contributed by atoms with E-state index in [2.05, 4.69) is 30.8 Å². The first-order valence-electron chi connectivity index (χ1n) is 6.11. The van der Waals surface area contributed by atoms with Crippen LogP contribution in [0.15, 0.2) is 26.0 Å². The lowest BCUT2D eigenvalue weighted by Gasteiger charge is -2.11. The van der Waals surface area contributed by atoms with Gasteiger partial charge in [-0.25, -0.2) is 13.1 Å². The highest BCUT2D eigenvalue weighted by atomic mass is 79.9. The van der Waals surface area contributed by atoms with E-state index in [0.29, 0.717) is 10.3 Å². The largest absolute Gasteiger partial charge is 0.338 e. The highest BCUT2D eigenvalue weighted by Gasteiger charge is 2.20. The number of aromatic nitrogens is 2. The quantitative estimate of drug-likeness (QED) is 0.817. The average Bonchev–Trinajstić information content (AvgIpc) is 2.85. The summed E-state index contributed by atoms with van der Waals surface area (Å²) >= 11 is 3.30. The molecule has 2 rings (SSSR count). The molecule has 0 amide bonds. The number of benzene rings is 1. The Hall–Kier alpha value is -1.29. The van der Waals surface area contributed by atoms with E-state index in [-0.39, 0.29) is 23.9 Å². The zero-order valence-corrected chi connectivity index (χ0v) is 14.0. The SMILES string of the molecule is Cc1noc(CNS(=O)(=O)c2cc(CN)cc(C)c2Br)n1. The van der Waals surface area contributed by atoms with Crippen molar-refractivity contribution in [3.63, 3.8) is 0 Å². The molecule has 2 aromatic rings. The first kappa shape index (κ1) is 16.1. The molecule has 21 heavy (non-hydrogen) atoms. The van der Waals surface area contributed by atoms with E-state index in [4.69, 9.17) is 10.3 Å². The van der Waals surface area contributed by atoms with Gasteiger partial charge in [-0.15, -0.1) is 0 Å². The number of nitrogens with zero attached hydrogens (tertiary/aromatic N) is 2. The van der Waals surface area contributed by atoms with Crippen molar-refractivity contribution in [1.82, 2.24) is 14.9 Å². The van der Waals surface area contributed by atoms with E-state index in [1.807, 2.05) is 13.0 Å². The molecule has 0 atom stereocenters. The van der Waals surface area contributed by atoms with Gasteiger partial charge in [0.1, 0.15) is 0 Å². The fraction of sp³-hybridized carbons (Fsp3) is 0.333. The molecule has 0 radical (unpaired) electrons. The molecule has 0 bridgehead atoms. The Morgan fingerprint density at radius 2 is 2.10 bits per heavy atom. The summed E-state index contributed by atoms with van der Waals surface area (Å²) in [5, 5.41) is 3.60. The lowest BCUT2D eigenvalue weighted by molar-refractivity contribution is 0.372. The minimum atomic E-state index is -3.72. The maximum Gasteiger partial charge on any atom is 0.242 e. The van der Waals surface area contributed by atoms with Gasteiger partial charge in [-0.3, -0.25) is 0 Å². The third-order valence-electron chi connectivity index (χ3n) is 2.79. The van der Waals surface area contributed by atoms with E-state index < -0.39 is 10.0 Å². The van der Waals surface area contributed by atoms with E-state index in [1.54, 1.807) is 13.0 Å². The van der Waals surface area contributed by atoms with Crippen molar-refractivity contribution in [2.24, 2.45) is 5.73 Å². The van der Waals surface area contributed by atoms with Crippen LogP contribution in [0.2, 0.25) is 0 Å². The lowest BCUT2D eigenvalue weighted by Crippen LogP contribution is -2.24. The monoisotopic (exact) mass is 374 g/mol. The molecule has 0 saturated heterocycles. The predicted octanol–water partition coefficient (Wildman–Crippen LogP) is 1.39. The Morgan fingerprint density at radius 1 is 1.38 bits per heavy atom. The maximum atomic E-state index is 12.4. The Bertz CT molecular complexity index is 758. The molecule has 0 aliphatic rings. The molecule has 3 N–H and O–H groups in total. The summed E-state index contributed by atoms with van der Waals surface area (Å²) in [5.74, 6) is 0.658. The van der Waals surface area contributed by atoms with Crippen molar-refractivity contribution in [3.05, 3.63) is 39.4 Å². The number of halogens is 1. The molecular weight excluding hydrogens is 360 g/mol. The molecule has 0 aliphatic carbocycles. The minimum absolute atomic E-state index is 0.0679. The Labute approximate surface area is 131 Å². The van der Waals surface area contributed by atoms with Gasteiger partial charge in [0.25, 0.3) is 0 Å². The second-order valence-corrected chi connectivity index (χ2v) is 7.02. The summed E-state index contributed by atoms with van der Waals surface area (Å²) in [7, 11) is -3.72. The van der Waals surface area contributed by atoms with Gasteiger partial charge in [0.05, 0.1) is 11.4 Å². The average molecular weight is 375 g/mol. The van der Waals surface area contributed by atoms with Gasteiger partial charge in [0, 0.05) is 11.0 Å². The summed E-state index contributed by atoms with van der Waals surface area (Å²) in [6.07, 6.45) is 0. The summed E-state index contributed by atoms with van der Waals surface area (Å²) in [5.41, 5.74) is 7.12. The zero-order chi connectivity index (χ0) is 15.6. The van der Waals surface area contributed by atoms with Gasteiger partial charge in [-0.1, -0.05) is 11.2 Å². The molecule has 114 valence electrons. The van der Waals surface area contributed by atoms with Crippen LogP contribution >= 0.6 is 15.9 Å². The molecule has 0 saturated carbocycles. The summed E-state index contributed by atoms with van der Waals surface area (Å²) in [6.45, 7) is 3.66. The molecule has 0 fully saturated rings. The van der Waals surface area contributed by atoms with Crippen molar-refractivity contribution in [3.8, 4) is 0 Å². The molecule has 0 unspecified atom stereocenters. The first-order chi connectivity index (χ1) is 9.83. The highest BCUT2D eigenvalue weighted by Crippen LogP contribution is 2.27. The topological polar surface area (TPSA) is 111 Å². The number of hydrogen-bond acceptors (Lipinski definition) is 6. The Morgan fingerprint density at radius 3 is 2.67 bits per heavy atom. The fourth-order valence-corrected chi connectivity index (χ4v) is 3.81. The second-order valence-electron chi connectivity index (χ2n) is 4.49. The third-order valence-corrected chi connectivity index (χ3v) is 5.53. The van der Waals surface area contributed by atoms with Crippen LogP contribution in [0.1, 0.15) is 22.8 Å². The highest BCUT2D eigenvalue weighted by molar-refractivity contribution is 9.10. The van der Waals surface area contributed by atoms with E-state index in [9.17, 15) is 8.42 Å². The zero-order valence-electron chi connectivity index (χ0n) is 11.6. The molecule has 7 nitrogen and oxygen atoms in total. The van der Waals surface area contributed by atoms with Gasteiger partial charge in [-0.05, 0) is 47.0 Å². The van der Waals surface area contributed by atoms with Crippen LogP contribution in [0, 0.1) is 13.8 Å². The van der Waals surface area contributed by atoms with Gasteiger partial charge < -0.3 is 10.3 Å². The van der Waals surface area contributed by atoms with Crippen molar-refractivity contribution < 1.29 is 12.9 Å². The standard InChI is InChI=1S/C12H15BrN4O3S/c1-7-3-9(5-14)4-10(12(7)13)21(18,19)15-6-11-16-8(2)17-20-11/h3-4,15H,5-6,14H2,1-2H3. The van der Waals surface area contributed by atoms with Crippen LogP contribution in [0.25, 0.3) is 0 Å². The molecule has 1 aromatic carbocycles. The Kier molecular flexibility index (Phi) is 4.77. The molecule has 9 heteroatoms. The van der Waals surface area contributed by atoms with Crippen molar-refractivity contribution in [2.75, 3.05) is 0 Å². The number of rotatable bonds is 5. The van der Waals surface area contributed by atoms with Gasteiger partial charge >= 0.3 is 0 Å². The van der Waals surface area contributed by atoms with Crippen LogP contribution in [0.5, 0.6) is 0 Å². The minimum Gasteiger partial charge on any atom is -0.338 e. The number of sulfonamides is 1. The fourth-order valence-electron chi connectivity index (χ4n) is 1.77. The summed E-state index contributed by atoms with van der Waals surface area (Å²) in [4.78, 5) is 4.08. The van der Waals surface area contributed by atoms with Crippen molar-refractivity contribution in [1.29, 1.82) is 0 Å². The lowest BCUT2D eigenvalue weighted by atomic mass is 10.1. The van der Waals surface area contributed by atoms with Crippen LogP contribution in [0.3, 0.4) is 0 Å². The van der Waals surface area contributed by atoms with E-state index in [1.165, 1.54) is 0 Å². The van der Waals surface area contributed by atoms with Gasteiger partial charge in [0.15, 0.2) is 5.82 Å². The van der Waals surface area contributed by atoms with Gasteiger partial charge in [-0.2, -0.15) is 4.98 Å². The van der Waals surface area contributed by atoms with Crippen molar-refractivity contribution >= 4 is 26.0 Å². The molecule has 0 aliphatic heterocycles. The van der Waals surface area contributed by atoms with Gasteiger partial charge in [0.2, 0.25) is 15.9 Å².